The monoisotopic (exact) mass is 404 g/mol. The van der Waals surface area contributed by atoms with Gasteiger partial charge < -0.3 is 10.6 Å². The Bertz CT molecular complexity index is 1050. The number of primary amides is 1. The van der Waals surface area contributed by atoms with Crippen molar-refractivity contribution >= 4 is 17.4 Å². The zero-order valence-corrected chi connectivity index (χ0v) is 15.4. The predicted molar refractivity (Wildman–Crippen MR) is 100.0 cm³/mol. The minimum Gasteiger partial charge on any atom is -0.370 e. The summed E-state index contributed by atoms with van der Waals surface area (Å²) in [6, 6.07) is 4.06. The van der Waals surface area contributed by atoms with E-state index in [0.29, 0.717) is 30.1 Å². The average molecular weight is 404 g/mol. The van der Waals surface area contributed by atoms with Crippen LogP contribution in [0.4, 0.5) is 19.0 Å². The van der Waals surface area contributed by atoms with Gasteiger partial charge in [-0.15, -0.1) is 0 Å². The lowest BCUT2D eigenvalue weighted by Crippen LogP contribution is -2.37. The number of carbonyl (C=O) groups is 1. The number of alkyl halides is 3. The summed E-state index contributed by atoms with van der Waals surface area (Å²) in [6.45, 7) is 1.42. The van der Waals surface area contributed by atoms with Gasteiger partial charge >= 0.3 is 6.18 Å². The molecule has 1 unspecified atom stereocenters. The van der Waals surface area contributed by atoms with Crippen molar-refractivity contribution in [1.82, 2.24) is 19.4 Å². The predicted octanol–water partition coefficient (Wildman–Crippen LogP) is 2.90. The second kappa shape index (κ2) is 7.34. The summed E-state index contributed by atoms with van der Waals surface area (Å²) in [5.41, 5.74) is 5.30. The van der Waals surface area contributed by atoms with Crippen LogP contribution < -0.4 is 10.6 Å². The molecule has 0 bridgehead atoms. The van der Waals surface area contributed by atoms with Crippen molar-refractivity contribution in [2.45, 2.75) is 25.4 Å². The van der Waals surface area contributed by atoms with Crippen LogP contribution in [-0.2, 0) is 11.0 Å². The van der Waals surface area contributed by atoms with Crippen LogP contribution in [-0.4, -0.2) is 38.3 Å². The molecule has 0 spiro atoms. The van der Waals surface area contributed by atoms with Gasteiger partial charge in [-0.2, -0.15) is 13.2 Å². The normalized spacial score (nSPS) is 17.6. The smallest absolute Gasteiger partial charge is 0.370 e. The van der Waals surface area contributed by atoms with Crippen molar-refractivity contribution < 1.29 is 18.0 Å². The first kappa shape index (κ1) is 19.2. The van der Waals surface area contributed by atoms with Crippen LogP contribution in [0, 0.1) is 5.92 Å². The number of halogens is 3. The topological polar surface area (TPSA) is 89.4 Å². The van der Waals surface area contributed by atoms with E-state index in [-0.39, 0.29) is 17.6 Å². The fraction of sp³-hybridized carbons (Fsp3) is 0.368. The second-order valence-electron chi connectivity index (χ2n) is 7.15. The second-order valence-corrected chi connectivity index (χ2v) is 7.15. The first-order chi connectivity index (χ1) is 13.8. The number of fused-ring (bicyclic) bond motifs is 1. The number of aromatic nitrogens is 4. The SMILES string of the molecule is NC(=O)CC1CCCN(c2ccnc(-c3cnc4ccc(C(F)(F)F)cn34)n2)C1. The maximum absolute atomic E-state index is 13.1. The van der Waals surface area contributed by atoms with Crippen molar-refractivity contribution in [1.29, 1.82) is 0 Å². The Morgan fingerprint density at radius 2 is 2.07 bits per heavy atom. The van der Waals surface area contributed by atoms with Gasteiger partial charge in [0.05, 0.1) is 11.8 Å². The quantitative estimate of drug-likeness (QED) is 0.722. The zero-order valence-electron chi connectivity index (χ0n) is 15.4. The lowest BCUT2D eigenvalue weighted by atomic mass is 9.94. The van der Waals surface area contributed by atoms with E-state index in [1.165, 1.54) is 16.7 Å². The van der Waals surface area contributed by atoms with E-state index in [4.69, 9.17) is 5.73 Å². The molecule has 10 heteroatoms. The summed E-state index contributed by atoms with van der Waals surface area (Å²) < 4.78 is 40.6. The van der Waals surface area contributed by atoms with E-state index in [0.717, 1.165) is 31.6 Å². The van der Waals surface area contributed by atoms with Crippen LogP contribution in [0.2, 0.25) is 0 Å². The van der Waals surface area contributed by atoms with Crippen LogP contribution in [0.1, 0.15) is 24.8 Å². The van der Waals surface area contributed by atoms with Gasteiger partial charge in [0.15, 0.2) is 5.82 Å². The molecule has 0 saturated carbocycles. The number of pyridine rings is 1. The molecule has 1 atom stereocenters. The van der Waals surface area contributed by atoms with E-state index in [2.05, 4.69) is 15.0 Å². The van der Waals surface area contributed by atoms with Gasteiger partial charge in [-0.25, -0.2) is 15.0 Å². The number of hydrogen-bond donors (Lipinski definition) is 1. The molecule has 7 nitrogen and oxygen atoms in total. The van der Waals surface area contributed by atoms with Gasteiger partial charge in [0.1, 0.15) is 17.2 Å². The van der Waals surface area contributed by atoms with Gasteiger partial charge in [-0.1, -0.05) is 0 Å². The third-order valence-electron chi connectivity index (χ3n) is 5.04. The van der Waals surface area contributed by atoms with Gasteiger partial charge in [-0.05, 0) is 37.0 Å². The van der Waals surface area contributed by atoms with Crippen molar-refractivity contribution in [2.75, 3.05) is 18.0 Å². The number of piperidine rings is 1. The Balaban J connectivity index is 1.66. The average Bonchev–Trinajstić information content (AvgIpc) is 3.10. The number of carbonyl (C=O) groups excluding carboxylic acids is 1. The van der Waals surface area contributed by atoms with Gasteiger partial charge in [0.2, 0.25) is 5.91 Å². The number of nitrogens with zero attached hydrogens (tertiary/aromatic N) is 5. The van der Waals surface area contributed by atoms with Gasteiger partial charge in [0, 0.05) is 31.9 Å². The largest absolute Gasteiger partial charge is 0.417 e. The first-order valence-corrected chi connectivity index (χ1v) is 9.22. The molecule has 0 aliphatic carbocycles. The number of imidazole rings is 1. The van der Waals surface area contributed by atoms with E-state index in [9.17, 15) is 18.0 Å². The summed E-state index contributed by atoms with van der Waals surface area (Å²) in [6.07, 6.45) is 1.72. The molecular weight excluding hydrogens is 385 g/mol. The van der Waals surface area contributed by atoms with E-state index >= 15 is 0 Å². The molecule has 2 N–H and O–H groups in total. The number of anilines is 1. The summed E-state index contributed by atoms with van der Waals surface area (Å²) >= 11 is 0. The Morgan fingerprint density at radius 3 is 2.83 bits per heavy atom. The third kappa shape index (κ3) is 4.01. The van der Waals surface area contributed by atoms with Crippen LogP contribution >= 0.6 is 0 Å². The lowest BCUT2D eigenvalue weighted by molar-refractivity contribution is -0.137. The third-order valence-corrected chi connectivity index (χ3v) is 5.04. The van der Waals surface area contributed by atoms with Crippen molar-refractivity contribution in [2.24, 2.45) is 11.7 Å². The molecule has 3 aromatic heterocycles. The molecule has 152 valence electrons. The minimum atomic E-state index is -4.46. The standard InChI is InChI=1S/C19H19F3N6O/c20-19(21,22)13-3-4-16-25-9-14(28(16)11-13)18-24-6-5-17(26-18)27-7-1-2-12(10-27)8-15(23)29/h3-6,9,11-12H,1-2,7-8,10H2,(H2,23,29). The summed E-state index contributed by atoms with van der Waals surface area (Å²) in [5.74, 6) is 0.772. The number of rotatable bonds is 4. The Hall–Kier alpha value is -3.17. The molecule has 1 fully saturated rings. The van der Waals surface area contributed by atoms with Crippen LogP contribution in [0.25, 0.3) is 17.2 Å². The van der Waals surface area contributed by atoms with Gasteiger partial charge in [0.25, 0.3) is 0 Å². The van der Waals surface area contributed by atoms with E-state index < -0.39 is 11.7 Å². The highest BCUT2D eigenvalue weighted by molar-refractivity contribution is 5.74. The maximum atomic E-state index is 13.1. The summed E-state index contributed by atoms with van der Waals surface area (Å²) in [5, 5.41) is 0. The van der Waals surface area contributed by atoms with Gasteiger partial charge in [-0.3, -0.25) is 9.20 Å². The minimum absolute atomic E-state index is 0.157. The highest BCUT2D eigenvalue weighted by Crippen LogP contribution is 2.31. The fourth-order valence-corrected chi connectivity index (χ4v) is 3.69. The molecule has 4 rings (SSSR count). The number of amides is 1. The molecule has 0 radical (unpaired) electrons. The van der Waals surface area contributed by atoms with E-state index in [1.807, 2.05) is 4.90 Å². The summed E-state index contributed by atoms with van der Waals surface area (Å²) in [7, 11) is 0. The molecule has 1 aliphatic rings. The molecule has 3 aromatic rings. The number of nitrogens with two attached hydrogens (primary N) is 1. The number of hydrogen-bond acceptors (Lipinski definition) is 5. The molecule has 29 heavy (non-hydrogen) atoms. The Labute approximate surface area is 164 Å². The maximum Gasteiger partial charge on any atom is 0.417 e. The van der Waals surface area contributed by atoms with Crippen LogP contribution in [0.15, 0.2) is 36.8 Å². The molecule has 1 amide bonds. The summed E-state index contributed by atoms with van der Waals surface area (Å²) in [4.78, 5) is 26.2. The van der Waals surface area contributed by atoms with Crippen LogP contribution in [0.3, 0.4) is 0 Å². The zero-order chi connectivity index (χ0) is 20.6. The lowest BCUT2D eigenvalue weighted by Gasteiger charge is -2.33. The molecule has 1 aliphatic heterocycles. The van der Waals surface area contributed by atoms with Crippen molar-refractivity contribution in [3.05, 3.63) is 42.4 Å². The molecule has 0 aromatic carbocycles. The molecule has 4 heterocycles. The Morgan fingerprint density at radius 1 is 1.24 bits per heavy atom. The van der Waals surface area contributed by atoms with E-state index in [1.54, 1.807) is 12.3 Å². The van der Waals surface area contributed by atoms with Crippen molar-refractivity contribution in [3.63, 3.8) is 0 Å². The fourth-order valence-electron chi connectivity index (χ4n) is 3.69. The molecular formula is C19H19F3N6O. The first-order valence-electron chi connectivity index (χ1n) is 9.22. The van der Waals surface area contributed by atoms with Crippen LogP contribution in [0.5, 0.6) is 0 Å². The molecule has 1 saturated heterocycles. The highest BCUT2D eigenvalue weighted by Gasteiger charge is 2.31. The highest BCUT2D eigenvalue weighted by atomic mass is 19.4. The Kier molecular flexibility index (Phi) is 4.85. The van der Waals surface area contributed by atoms with Crippen molar-refractivity contribution in [3.8, 4) is 11.5 Å².